The molecule has 0 unspecified atom stereocenters. The second-order valence-corrected chi connectivity index (χ2v) is 4.75. The lowest BCUT2D eigenvalue weighted by atomic mass is 10.1. The van der Waals surface area contributed by atoms with Crippen LogP contribution in [0.2, 0.25) is 5.02 Å². The van der Waals surface area contributed by atoms with Gasteiger partial charge in [0.05, 0.1) is 5.52 Å². The third-order valence-electron chi connectivity index (χ3n) is 2.79. The van der Waals surface area contributed by atoms with Gasteiger partial charge < -0.3 is 4.98 Å². The van der Waals surface area contributed by atoms with Crippen molar-refractivity contribution in [3.05, 3.63) is 58.5 Å². The maximum Gasteiger partial charge on any atom is 0.177 e. The molecule has 4 heteroatoms. The highest BCUT2D eigenvalue weighted by molar-refractivity contribution is 6.30. The molecule has 0 saturated carbocycles. The Balaban J connectivity index is 1.95. The number of aryl methyl sites for hydroxylation is 1. The van der Waals surface area contributed by atoms with E-state index in [1.165, 1.54) is 0 Å². The molecule has 0 fully saturated rings. The molecular formula is C14H12ClN3. The van der Waals surface area contributed by atoms with Gasteiger partial charge in [-0.2, -0.15) is 0 Å². The average Bonchev–Trinajstić information content (AvgIpc) is 2.70. The van der Waals surface area contributed by atoms with Crippen molar-refractivity contribution >= 4 is 22.8 Å². The monoisotopic (exact) mass is 257 g/mol. The van der Waals surface area contributed by atoms with Crippen LogP contribution in [0.4, 0.5) is 0 Å². The molecule has 2 heterocycles. The highest BCUT2D eigenvalue weighted by Gasteiger charge is 2.05. The summed E-state index contributed by atoms with van der Waals surface area (Å²) in [6.45, 7) is 1.96. The number of aromatic amines is 1. The second kappa shape index (κ2) is 4.42. The number of pyridine rings is 1. The molecule has 2 aromatic heterocycles. The Bertz CT molecular complexity index is 703. The van der Waals surface area contributed by atoms with Crippen LogP contribution >= 0.6 is 11.6 Å². The SMILES string of the molecule is Cc1ccc2[nH]c(Cc3cccc(Cl)c3)nc2n1. The van der Waals surface area contributed by atoms with Gasteiger partial charge in [0.25, 0.3) is 0 Å². The van der Waals surface area contributed by atoms with Crippen LogP contribution in [0.25, 0.3) is 11.2 Å². The minimum atomic E-state index is 0.732. The number of fused-ring (bicyclic) bond motifs is 1. The molecule has 0 aliphatic rings. The molecule has 0 spiro atoms. The lowest BCUT2D eigenvalue weighted by Crippen LogP contribution is -1.90. The van der Waals surface area contributed by atoms with Gasteiger partial charge in [-0.05, 0) is 36.8 Å². The molecule has 3 rings (SSSR count). The topological polar surface area (TPSA) is 41.6 Å². The van der Waals surface area contributed by atoms with E-state index in [-0.39, 0.29) is 0 Å². The maximum absolute atomic E-state index is 5.97. The van der Waals surface area contributed by atoms with Crippen molar-refractivity contribution < 1.29 is 0 Å². The van der Waals surface area contributed by atoms with E-state index in [1.807, 2.05) is 43.3 Å². The summed E-state index contributed by atoms with van der Waals surface area (Å²) in [6.07, 6.45) is 0.732. The van der Waals surface area contributed by atoms with Crippen LogP contribution < -0.4 is 0 Å². The zero-order chi connectivity index (χ0) is 12.5. The first-order chi connectivity index (χ1) is 8.70. The fourth-order valence-electron chi connectivity index (χ4n) is 1.96. The zero-order valence-corrected chi connectivity index (χ0v) is 10.7. The molecule has 0 amide bonds. The Morgan fingerprint density at radius 1 is 1.17 bits per heavy atom. The minimum Gasteiger partial charge on any atom is -0.340 e. The Labute approximate surface area is 110 Å². The number of hydrogen-bond acceptors (Lipinski definition) is 2. The molecule has 3 nitrogen and oxygen atoms in total. The summed E-state index contributed by atoms with van der Waals surface area (Å²) in [5, 5.41) is 0.748. The third-order valence-corrected chi connectivity index (χ3v) is 3.03. The first kappa shape index (κ1) is 11.2. The van der Waals surface area contributed by atoms with Gasteiger partial charge in [-0.1, -0.05) is 23.7 Å². The van der Waals surface area contributed by atoms with Crippen molar-refractivity contribution in [1.82, 2.24) is 15.0 Å². The predicted octanol–water partition coefficient (Wildman–Crippen LogP) is 3.51. The van der Waals surface area contributed by atoms with E-state index in [1.54, 1.807) is 0 Å². The van der Waals surface area contributed by atoms with Crippen LogP contribution in [0.15, 0.2) is 36.4 Å². The van der Waals surface area contributed by atoms with Gasteiger partial charge in [-0.25, -0.2) is 9.97 Å². The summed E-state index contributed by atoms with van der Waals surface area (Å²) in [4.78, 5) is 12.1. The summed E-state index contributed by atoms with van der Waals surface area (Å²) in [5.41, 5.74) is 3.85. The molecule has 0 aliphatic carbocycles. The second-order valence-electron chi connectivity index (χ2n) is 4.31. The standard InChI is InChI=1S/C14H12ClN3/c1-9-5-6-12-14(16-9)18-13(17-12)8-10-3-2-4-11(15)7-10/h2-7H,8H2,1H3,(H,16,17,18). The van der Waals surface area contributed by atoms with Crippen LogP contribution in [-0.2, 0) is 6.42 Å². The van der Waals surface area contributed by atoms with E-state index in [4.69, 9.17) is 11.6 Å². The number of benzene rings is 1. The number of imidazole rings is 1. The molecule has 0 atom stereocenters. The largest absolute Gasteiger partial charge is 0.340 e. The highest BCUT2D eigenvalue weighted by Crippen LogP contribution is 2.15. The first-order valence-corrected chi connectivity index (χ1v) is 6.15. The third kappa shape index (κ3) is 2.22. The number of H-pyrrole nitrogens is 1. The van der Waals surface area contributed by atoms with Crippen molar-refractivity contribution in [3.8, 4) is 0 Å². The summed E-state index contributed by atoms with van der Waals surface area (Å²) in [7, 11) is 0. The number of nitrogens with one attached hydrogen (secondary N) is 1. The van der Waals surface area contributed by atoms with Crippen LogP contribution in [-0.4, -0.2) is 15.0 Å². The number of nitrogens with zero attached hydrogens (tertiary/aromatic N) is 2. The number of aromatic nitrogens is 3. The van der Waals surface area contributed by atoms with E-state index >= 15 is 0 Å². The van der Waals surface area contributed by atoms with Crippen molar-refractivity contribution in [2.45, 2.75) is 13.3 Å². The van der Waals surface area contributed by atoms with Gasteiger partial charge in [-0.3, -0.25) is 0 Å². The maximum atomic E-state index is 5.97. The Hall–Kier alpha value is -1.87. The quantitative estimate of drug-likeness (QED) is 0.763. The highest BCUT2D eigenvalue weighted by atomic mass is 35.5. The number of halogens is 1. The summed E-state index contributed by atoms with van der Waals surface area (Å²) in [6, 6.07) is 11.8. The minimum absolute atomic E-state index is 0.732. The molecule has 0 aliphatic heterocycles. The van der Waals surface area contributed by atoms with Crippen LogP contribution in [0, 0.1) is 6.92 Å². The van der Waals surface area contributed by atoms with E-state index in [0.29, 0.717) is 0 Å². The average molecular weight is 258 g/mol. The first-order valence-electron chi connectivity index (χ1n) is 5.77. The van der Waals surface area contributed by atoms with Gasteiger partial charge in [0.2, 0.25) is 0 Å². The van der Waals surface area contributed by atoms with Crippen molar-refractivity contribution in [3.63, 3.8) is 0 Å². The molecular weight excluding hydrogens is 246 g/mol. The molecule has 0 saturated heterocycles. The normalized spacial score (nSPS) is 11.0. The van der Waals surface area contributed by atoms with Crippen LogP contribution in [0.5, 0.6) is 0 Å². The molecule has 90 valence electrons. The Morgan fingerprint density at radius 2 is 2.06 bits per heavy atom. The molecule has 3 aromatic rings. The van der Waals surface area contributed by atoms with Crippen molar-refractivity contribution in [2.75, 3.05) is 0 Å². The van der Waals surface area contributed by atoms with Crippen molar-refractivity contribution in [1.29, 1.82) is 0 Å². The fourth-order valence-corrected chi connectivity index (χ4v) is 2.17. The molecule has 1 aromatic carbocycles. The van der Waals surface area contributed by atoms with Gasteiger partial charge in [-0.15, -0.1) is 0 Å². The van der Waals surface area contributed by atoms with Gasteiger partial charge in [0.15, 0.2) is 5.65 Å². The van der Waals surface area contributed by atoms with Gasteiger partial charge in [0, 0.05) is 17.1 Å². The molecule has 0 bridgehead atoms. The number of hydrogen-bond donors (Lipinski definition) is 1. The van der Waals surface area contributed by atoms with E-state index in [9.17, 15) is 0 Å². The lowest BCUT2D eigenvalue weighted by Gasteiger charge is -1.98. The van der Waals surface area contributed by atoms with E-state index in [2.05, 4.69) is 15.0 Å². The molecule has 0 radical (unpaired) electrons. The summed E-state index contributed by atoms with van der Waals surface area (Å²) < 4.78 is 0. The van der Waals surface area contributed by atoms with Crippen molar-refractivity contribution in [2.24, 2.45) is 0 Å². The van der Waals surface area contributed by atoms with Crippen LogP contribution in [0.1, 0.15) is 17.1 Å². The van der Waals surface area contributed by atoms with E-state index < -0.39 is 0 Å². The van der Waals surface area contributed by atoms with E-state index in [0.717, 1.165) is 39.7 Å². The molecule has 1 N–H and O–H groups in total. The Kier molecular flexibility index (Phi) is 2.76. The smallest absolute Gasteiger partial charge is 0.177 e. The predicted molar refractivity (Wildman–Crippen MR) is 72.9 cm³/mol. The zero-order valence-electron chi connectivity index (χ0n) is 9.94. The van der Waals surface area contributed by atoms with Crippen LogP contribution in [0.3, 0.4) is 0 Å². The summed E-state index contributed by atoms with van der Waals surface area (Å²) >= 11 is 5.97. The summed E-state index contributed by atoms with van der Waals surface area (Å²) in [5.74, 6) is 0.908. The number of rotatable bonds is 2. The fraction of sp³-hybridized carbons (Fsp3) is 0.143. The lowest BCUT2D eigenvalue weighted by molar-refractivity contribution is 1.03. The van der Waals surface area contributed by atoms with Gasteiger partial charge >= 0.3 is 0 Å². The van der Waals surface area contributed by atoms with Gasteiger partial charge in [0.1, 0.15) is 5.82 Å². The Morgan fingerprint density at radius 3 is 2.89 bits per heavy atom. The molecule has 18 heavy (non-hydrogen) atoms.